The second kappa shape index (κ2) is 8.98. The molecule has 1 aromatic carbocycles. The number of ether oxygens (including phenoxy) is 1. The van der Waals surface area contributed by atoms with Crippen LogP contribution in [0.2, 0.25) is 0 Å². The lowest BCUT2D eigenvalue weighted by molar-refractivity contribution is -0.00644. The first-order valence-corrected chi connectivity index (χ1v) is 14.0. The number of nitrogens with one attached hydrogen (secondary N) is 1. The van der Waals surface area contributed by atoms with Gasteiger partial charge in [-0.1, -0.05) is 6.58 Å². The highest BCUT2D eigenvalue weighted by Crippen LogP contribution is 2.52. The zero-order valence-corrected chi connectivity index (χ0v) is 21.6. The molecule has 2 N–H and O–H groups in total. The molecular formula is C30H37N5O2. The molecule has 1 spiro atoms. The SMILES string of the molecule is C=C(O)c1ccc(N2CCC3(CC2)CC(N2CCCC2)C3)cc1N1CCCOc2nc3[nH]ccc3cc21. The van der Waals surface area contributed by atoms with E-state index in [9.17, 15) is 5.11 Å². The van der Waals surface area contributed by atoms with Crippen molar-refractivity contribution < 1.29 is 9.84 Å². The lowest BCUT2D eigenvalue weighted by Crippen LogP contribution is -2.54. The number of likely N-dealkylation sites (tertiary alicyclic amines) is 1. The third kappa shape index (κ3) is 4.04. The monoisotopic (exact) mass is 499 g/mol. The van der Waals surface area contributed by atoms with Crippen LogP contribution in [0.3, 0.4) is 0 Å². The van der Waals surface area contributed by atoms with Crippen molar-refractivity contribution in [2.75, 3.05) is 49.1 Å². The molecule has 0 unspecified atom stereocenters. The molecule has 3 aliphatic heterocycles. The number of benzene rings is 1. The normalized spacial score (nSPS) is 22.1. The van der Waals surface area contributed by atoms with E-state index in [1.165, 1.54) is 57.3 Å². The summed E-state index contributed by atoms with van der Waals surface area (Å²) in [5.74, 6) is 0.716. The maximum absolute atomic E-state index is 10.5. The summed E-state index contributed by atoms with van der Waals surface area (Å²) in [5, 5.41) is 11.6. The first-order valence-electron chi connectivity index (χ1n) is 14.0. The maximum Gasteiger partial charge on any atom is 0.239 e. The Hall–Kier alpha value is -3.19. The highest BCUT2D eigenvalue weighted by molar-refractivity contribution is 5.87. The number of aliphatic hydroxyl groups excluding tert-OH is 1. The summed E-state index contributed by atoms with van der Waals surface area (Å²) in [7, 11) is 0. The molecule has 4 aliphatic rings. The van der Waals surface area contributed by atoms with Crippen molar-refractivity contribution in [3.05, 3.63) is 48.7 Å². The predicted octanol–water partition coefficient (Wildman–Crippen LogP) is 5.86. The van der Waals surface area contributed by atoms with Gasteiger partial charge in [0, 0.05) is 48.5 Å². The van der Waals surface area contributed by atoms with Gasteiger partial charge in [0.2, 0.25) is 5.88 Å². The lowest BCUT2D eigenvalue weighted by Gasteiger charge is -2.55. The van der Waals surface area contributed by atoms with Gasteiger partial charge in [0.05, 0.1) is 12.3 Å². The van der Waals surface area contributed by atoms with Crippen molar-refractivity contribution in [2.24, 2.45) is 5.41 Å². The molecule has 1 aliphatic carbocycles. The minimum absolute atomic E-state index is 0.0870. The van der Waals surface area contributed by atoms with Gasteiger partial charge in [0.1, 0.15) is 17.1 Å². The minimum atomic E-state index is 0.0870. The molecule has 37 heavy (non-hydrogen) atoms. The number of aliphatic hydroxyl groups is 1. The van der Waals surface area contributed by atoms with Gasteiger partial charge in [-0.05, 0) is 93.8 Å². The minimum Gasteiger partial charge on any atom is -0.508 e. The molecule has 0 bridgehead atoms. The van der Waals surface area contributed by atoms with E-state index in [4.69, 9.17) is 9.72 Å². The molecule has 3 aromatic rings. The zero-order valence-electron chi connectivity index (χ0n) is 21.6. The van der Waals surface area contributed by atoms with Gasteiger partial charge in [-0.2, -0.15) is 4.98 Å². The van der Waals surface area contributed by atoms with Crippen molar-refractivity contribution in [3.63, 3.8) is 0 Å². The Bertz CT molecular complexity index is 1310. The summed E-state index contributed by atoms with van der Waals surface area (Å²) in [6.45, 7) is 10.1. The summed E-state index contributed by atoms with van der Waals surface area (Å²) in [5.41, 5.74) is 5.25. The summed E-state index contributed by atoms with van der Waals surface area (Å²) in [6, 6.07) is 11.4. The molecule has 0 atom stereocenters. The molecule has 2 saturated heterocycles. The van der Waals surface area contributed by atoms with Gasteiger partial charge in [-0.3, -0.25) is 0 Å². The molecule has 7 heteroatoms. The van der Waals surface area contributed by atoms with E-state index in [1.54, 1.807) is 0 Å². The van der Waals surface area contributed by atoms with Gasteiger partial charge in [-0.15, -0.1) is 0 Å². The second-order valence-electron chi connectivity index (χ2n) is 11.5. The summed E-state index contributed by atoms with van der Waals surface area (Å²) < 4.78 is 6.04. The number of piperidine rings is 1. The smallest absolute Gasteiger partial charge is 0.239 e. The van der Waals surface area contributed by atoms with E-state index in [2.05, 4.69) is 44.5 Å². The average Bonchev–Trinajstić information content (AvgIpc) is 3.54. The van der Waals surface area contributed by atoms with E-state index in [-0.39, 0.29) is 5.76 Å². The van der Waals surface area contributed by atoms with Crippen LogP contribution in [-0.4, -0.2) is 65.3 Å². The zero-order chi connectivity index (χ0) is 25.0. The molecule has 5 heterocycles. The first-order chi connectivity index (χ1) is 18.1. The maximum atomic E-state index is 10.5. The number of aromatic amines is 1. The van der Waals surface area contributed by atoms with E-state index in [0.29, 0.717) is 17.9 Å². The third-order valence-corrected chi connectivity index (χ3v) is 9.30. The van der Waals surface area contributed by atoms with E-state index >= 15 is 0 Å². The predicted molar refractivity (Wildman–Crippen MR) is 149 cm³/mol. The van der Waals surface area contributed by atoms with Crippen LogP contribution in [0.25, 0.3) is 16.8 Å². The quantitative estimate of drug-likeness (QED) is 0.439. The van der Waals surface area contributed by atoms with Gasteiger partial charge >= 0.3 is 0 Å². The summed E-state index contributed by atoms with van der Waals surface area (Å²) >= 11 is 0. The van der Waals surface area contributed by atoms with Gasteiger partial charge in [0.25, 0.3) is 0 Å². The van der Waals surface area contributed by atoms with Crippen molar-refractivity contribution in [2.45, 2.75) is 51.0 Å². The van der Waals surface area contributed by atoms with E-state index < -0.39 is 0 Å². The number of hydrogen-bond donors (Lipinski definition) is 2. The molecule has 0 radical (unpaired) electrons. The van der Waals surface area contributed by atoms with E-state index in [0.717, 1.165) is 60.1 Å². The van der Waals surface area contributed by atoms with Crippen LogP contribution in [-0.2, 0) is 0 Å². The number of anilines is 3. The fourth-order valence-corrected chi connectivity index (χ4v) is 7.15. The number of pyridine rings is 1. The van der Waals surface area contributed by atoms with Crippen LogP contribution >= 0.6 is 0 Å². The number of fused-ring (bicyclic) bond motifs is 2. The number of aromatic nitrogens is 2. The average molecular weight is 500 g/mol. The number of nitrogens with zero attached hydrogens (tertiary/aromatic N) is 4. The van der Waals surface area contributed by atoms with Crippen molar-refractivity contribution >= 4 is 33.9 Å². The Morgan fingerprint density at radius 3 is 2.59 bits per heavy atom. The Kier molecular flexibility index (Phi) is 5.57. The molecule has 2 aromatic heterocycles. The third-order valence-electron chi connectivity index (χ3n) is 9.30. The highest BCUT2D eigenvalue weighted by Gasteiger charge is 2.48. The summed E-state index contributed by atoms with van der Waals surface area (Å²) in [6.07, 6.45) is 10.9. The fourth-order valence-electron chi connectivity index (χ4n) is 7.15. The summed E-state index contributed by atoms with van der Waals surface area (Å²) in [4.78, 5) is 15.5. The van der Waals surface area contributed by atoms with Gasteiger partial charge in [0.15, 0.2) is 0 Å². The molecule has 194 valence electrons. The van der Waals surface area contributed by atoms with Crippen LogP contribution in [0, 0.1) is 5.41 Å². The Balaban J connectivity index is 1.15. The fraction of sp³-hybridized carbons (Fsp3) is 0.500. The Labute approximate surface area is 218 Å². The van der Waals surface area contributed by atoms with Crippen LogP contribution in [0.1, 0.15) is 50.5 Å². The highest BCUT2D eigenvalue weighted by atomic mass is 16.5. The van der Waals surface area contributed by atoms with Crippen LogP contribution in [0.4, 0.5) is 17.1 Å². The molecule has 7 rings (SSSR count). The van der Waals surface area contributed by atoms with Crippen LogP contribution < -0.4 is 14.5 Å². The topological polar surface area (TPSA) is 67.9 Å². The van der Waals surface area contributed by atoms with Crippen molar-refractivity contribution in [3.8, 4) is 5.88 Å². The molecule has 3 fully saturated rings. The lowest BCUT2D eigenvalue weighted by atomic mass is 9.60. The molecule has 0 amide bonds. The molecule has 7 nitrogen and oxygen atoms in total. The Morgan fingerprint density at radius 2 is 1.81 bits per heavy atom. The first kappa shape index (κ1) is 23.0. The molecule has 1 saturated carbocycles. The number of H-pyrrole nitrogens is 1. The number of rotatable bonds is 4. The van der Waals surface area contributed by atoms with Crippen LogP contribution in [0.5, 0.6) is 5.88 Å². The van der Waals surface area contributed by atoms with E-state index in [1.807, 2.05) is 18.3 Å². The number of hydrogen-bond acceptors (Lipinski definition) is 6. The van der Waals surface area contributed by atoms with Crippen molar-refractivity contribution in [1.82, 2.24) is 14.9 Å². The van der Waals surface area contributed by atoms with Gasteiger partial charge in [-0.25, -0.2) is 0 Å². The van der Waals surface area contributed by atoms with Crippen LogP contribution in [0.15, 0.2) is 43.1 Å². The Morgan fingerprint density at radius 1 is 1.00 bits per heavy atom. The molecular weight excluding hydrogens is 462 g/mol. The van der Waals surface area contributed by atoms with Gasteiger partial charge < -0.3 is 29.5 Å². The van der Waals surface area contributed by atoms with Crippen molar-refractivity contribution in [1.29, 1.82) is 0 Å². The second-order valence-corrected chi connectivity index (χ2v) is 11.5. The standard InChI is InChI=1S/C30H37N5O2/c1-21(36)25-6-5-23(34-14-8-30(9-15-34)19-24(20-30)33-11-2-3-12-33)18-26(25)35-13-4-16-37-29-27(35)17-22-7-10-31-28(22)32-29/h5-7,10,17-18,24,36H,1-4,8-9,11-16,19-20H2,(H,31,32). The largest absolute Gasteiger partial charge is 0.508 e.